The molecule has 3 atom stereocenters. The molecule has 0 bridgehead atoms. The van der Waals surface area contributed by atoms with Crippen LogP contribution in [0.2, 0.25) is 0 Å². The van der Waals surface area contributed by atoms with E-state index in [0.717, 1.165) is 31.1 Å². The van der Waals surface area contributed by atoms with Gasteiger partial charge < -0.3 is 29.6 Å². The number of aldehydes is 1. The number of unbranched alkanes of at least 4 members (excludes halogenated alkanes) is 3. The number of carboxylic acids is 1. The van der Waals surface area contributed by atoms with Crippen LogP contribution in [0, 0.1) is 5.41 Å². The Hall–Kier alpha value is -2.75. The monoisotopic (exact) mass is 568 g/mol. The van der Waals surface area contributed by atoms with E-state index < -0.39 is 49.9 Å². The zero-order valence-corrected chi connectivity index (χ0v) is 23.8. The predicted molar refractivity (Wildman–Crippen MR) is 145 cm³/mol. The summed E-state index contributed by atoms with van der Waals surface area (Å²) in [6.07, 6.45) is 3.47. The summed E-state index contributed by atoms with van der Waals surface area (Å²) in [5, 5.41) is 12.0. The maximum Gasteiger partial charge on any atom is 0.407 e. The Bertz CT molecular complexity index is 958. The number of carboxylic acid groups (broad SMARTS) is 1. The number of nitrogens with one attached hydrogen (secondary N) is 1. The van der Waals surface area contributed by atoms with Gasteiger partial charge in [0.1, 0.15) is 25.1 Å². The van der Waals surface area contributed by atoms with Crippen molar-refractivity contribution in [2.75, 3.05) is 25.9 Å². The number of carbonyl (C=O) groups is 4. The summed E-state index contributed by atoms with van der Waals surface area (Å²) >= 11 is 0. The molecule has 1 aliphatic heterocycles. The third-order valence-corrected chi connectivity index (χ3v) is 7.34. The number of alkyl carbamates (subject to hydrolysis) is 1. The number of benzene rings is 1. The van der Waals surface area contributed by atoms with Gasteiger partial charge in [-0.3, -0.25) is 13.9 Å². The first-order chi connectivity index (χ1) is 18.6. The van der Waals surface area contributed by atoms with Gasteiger partial charge in [-0.25, -0.2) is 9.59 Å². The molecule has 1 aliphatic rings. The van der Waals surface area contributed by atoms with Crippen molar-refractivity contribution in [3.63, 3.8) is 0 Å². The average Bonchev–Trinajstić information content (AvgIpc) is 3.41. The predicted octanol–water partition coefficient (Wildman–Crippen LogP) is 4.00. The van der Waals surface area contributed by atoms with E-state index in [1.54, 1.807) is 13.8 Å². The minimum absolute atomic E-state index is 0.0620. The molecule has 39 heavy (non-hydrogen) atoms. The summed E-state index contributed by atoms with van der Waals surface area (Å²) in [6, 6.07) is 8.52. The molecule has 1 saturated heterocycles. The van der Waals surface area contributed by atoms with E-state index in [1.807, 2.05) is 30.3 Å². The lowest BCUT2D eigenvalue weighted by molar-refractivity contribution is -0.147. The highest BCUT2D eigenvalue weighted by Crippen LogP contribution is 2.30. The van der Waals surface area contributed by atoms with Gasteiger partial charge in [0, 0.05) is 18.5 Å². The van der Waals surface area contributed by atoms with Gasteiger partial charge in [0.05, 0.1) is 6.61 Å². The Kier molecular flexibility index (Phi) is 14.2. The Labute approximate surface area is 230 Å². The van der Waals surface area contributed by atoms with E-state index in [1.165, 1.54) is 4.90 Å². The quantitative estimate of drug-likeness (QED) is 0.116. The van der Waals surface area contributed by atoms with E-state index in [0.29, 0.717) is 38.8 Å². The van der Waals surface area contributed by atoms with Crippen molar-refractivity contribution in [2.45, 2.75) is 77.7 Å². The van der Waals surface area contributed by atoms with Crippen LogP contribution in [0.3, 0.4) is 0 Å². The molecular formula is C27H41N2O9P. The van der Waals surface area contributed by atoms with Crippen LogP contribution >= 0.6 is 8.03 Å². The van der Waals surface area contributed by atoms with Gasteiger partial charge >= 0.3 is 12.1 Å². The Morgan fingerprint density at radius 1 is 1.18 bits per heavy atom. The number of rotatable bonds is 18. The molecule has 0 spiro atoms. The highest BCUT2D eigenvalue weighted by molar-refractivity contribution is 7.40. The zero-order chi connectivity index (χ0) is 28.7. The van der Waals surface area contributed by atoms with Crippen LogP contribution in [0.5, 0.6) is 0 Å². The molecule has 2 amide bonds. The summed E-state index contributed by atoms with van der Waals surface area (Å²) in [7, 11) is -2.84. The van der Waals surface area contributed by atoms with Crippen LogP contribution in [0.25, 0.3) is 0 Å². The molecule has 1 aromatic rings. The number of hydrogen-bond acceptors (Lipinski definition) is 8. The molecular weight excluding hydrogens is 527 g/mol. The fourth-order valence-corrected chi connectivity index (χ4v) is 5.02. The van der Waals surface area contributed by atoms with E-state index in [2.05, 4.69) is 5.32 Å². The van der Waals surface area contributed by atoms with Gasteiger partial charge in [0.25, 0.3) is 0 Å². The summed E-state index contributed by atoms with van der Waals surface area (Å²) in [5.74, 6) is -1.58. The lowest BCUT2D eigenvalue weighted by Gasteiger charge is -2.24. The second kappa shape index (κ2) is 17.0. The maximum atomic E-state index is 12.6. The first-order valence-electron chi connectivity index (χ1n) is 13.4. The lowest BCUT2D eigenvalue weighted by Crippen LogP contribution is -2.41. The molecule has 218 valence electrons. The highest BCUT2D eigenvalue weighted by Gasteiger charge is 2.34. The molecule has 0 saturated carbocycles. The van der Waals surface area contributed by atoms with Crippen molar-refractivity contribution in [3.8, 4) is 0 Å². The van der Waals surface area contributed by atoms with Crippen molar-refractivity contribution in [2.24, 2.45) is 5.41 Å². The van der Waals surface area contributed by atoms with E-state index in [9.17, 15) is 28.8 Å². The van der Waals surface area contributed by atoms with Crippen molar-refractivity contribution < 1.29 is 42.8 Å². The SMILES string of the molecule is CC(C)(C=O)COC(CCCCCCNC(=O)OCc1ccccc1)O[PH](=O)CC(=O)N1CCC[C@H]1C(=O)O. The average molecular weight is 569 g/mol. The number of ether oxygens (including phenoxy) is 2. The minimum atomic E-state index is -2.84. The molecule has 1 aromatic carbocycles. The summed E-state index contributed by atoms with van der Waals surface area (Å²) in [5.41, 5.74) is 0.161. The third-order valence-electron chi connectivity index (χ3n) is 6.23. The number of hydrogen-bond donors (Lipinski definition) is 2. The molecule has 0 aliphatic carbocycles. The van der Waals surface area contributed by atoms with Gasteiger partial charge in [0.15, 0.2) is 6.29 Å². The smallest absolute Gasteiger partial charge is 0.407 e. The largest absolute Gasteiger partial charge is 0.480 e. The van der Waals surface area contributed by atoms with Crippen LogP contribution in [0.15, 0.2) is 30.3 Å². The summed E-state index contributed by atoms with van der Waals surface area (Å²) < 4.78 is 29.1. The third kappa shape index (κ3) is 12.8. The first-order valence-corrected chi connectivity index (χ1v) is 14.9. The standard InChI is InChI=1S/C27H41N2O9P/c1-27(2,19-30)20-37-24(38-39(35)18-23(31)29-16-10-13-22(29)25(32)33)14-8-3-4-9-15-28-26(34)36-17-21-11-6-5-7-12-21/h5-7,11-12,19,22,24,39H,3-4,8-10,13-18,20H2,1-2H3,(H,28,34)(H,32,33)/t22-,24?/m0/s1. The molecule has 11 nitrogen and oxygen atoms in total. The van der Waals surface area contributed by atoms with Gasteiger partial charge in [0.2, 0.25) is 13.9 Å². The molecule has 2 unspecified atom stereocenters. The highest BCUT2D eigenvalue weighted by atomic mass is 31.1. The van der Waals surface area contributed by atoms with Crippen molar-refractivity contribution in [1.82, 2.24) is 10.2 Å². The molecule has 1 fully saturated rings. The van der Waals surface area contributed by atoms with Crippen molar-refractivity contribution in [1.29, 1.82) is 0 Å². The maximum absolute atomic E-state index is 12.6. The first kappa shape index (κ1) is 32.5. The second-order valence-electron chi connectivity index (χ2n) is 10.3. The number of amides is 2. The molecule has 2 N–H and O–H groups in total. The Balaban J connectivity index is 1.70. The van der Waals surface area contributed by atoms with E-state index >= 15 is 0 Å². The van der Waals surface area contributed by atoms with Gasteiger partial charge in [-0.05, 0) is 37.7 Å². The molecule has 0 radical (unpaired) electrons. The topological polar surface area (TPSA) is 149 Å². The molecule has 1 heterocycles. The molecule has 0 aromatic heterocycles. The summed E-state index contributed by atoms with van der Waals surface area (Å²) in [6.45, 7) is 4.48. The van der Waals surface area contributed by atoms with E-state index in [-0.39, 0.29) is 13.2 Å². The number of carbonyl (C=O) groups excluding carboxylic acids is 3. The van der Waals surface area contributed by atoms with Crippen LogP contribution in [-0.2, 0) is 39.6 Å². The Morgan fingerprint density at radius 3 is 2.59 bits per heavy atom. The van der Waals surface area contributed by atoms with Gasteiger partial charge in [-0.2, -0.15) is 0 Å². The van der Waals surface area contributed by atoms with Crippen LogP contribution < -0.4 is 5.32 Å². The second-order valence-corrected chi connectivity index (χ2v) is 11.6. The van der Waals surface area contributed by atoms with E-state index in [4.69, 9.17) is 14.0 Å². The number of nitrogens with zero attached hydrogens (tertiary/aromatic N) is 1. The van der Waals surface area contributed by atoms with Gasteiger partial charge in [-0.15, -0.1) is 0 Å². The minimum Gasteiger partial charge on any atom is -0.480 e. The molecule has 12 heteroatoms. The molecule has 2 rings (SSSR count). The number of aliphatic carboxylic acids is 1. The van der Waals surface area contributed by atoms with Crippen molar-refractivity contribution in [3.05, 3.63) is 35.9 Å². The van der Waals surface area contributed by atoms with Crippen LogP contribution in [-0.4, -0.2) is 72.5 Å². The van der Waals surface area contributed by atoms with Gasteiger partial charge in [-0.1, -0.05) is 57.0 Å². The zero-order valence-electron chi connectivity index (χ0n) is 22.8. The van der Waals surface area contributed by atoms with Crippen LogP contribution in [0.4, 0.5) is 4.79 Å². The lowest BCUT2D eigenvalue weighted by atomic mass is 9.98. The fourth-order valence-electron chi connectivity index (χ4n) is 4.01. The summed E-state index contributed by atoms with van der Waals surface area (Å²) in [4.78, 5) is 48.2. The fraction of sp³-hybridized carbons (Fsp3) is 0.630. The normalized spacial score (nSPS) is 16.9. The van der Waals surface area contributed by atoms with Crippen LogP contribution in [0.1, 0.15) is 64.4 Å². The Morgan fingerprint density at radius 2 is 1.90 bits per heavy atom. The number of likely N-dealkylation sites (tertiary alicyclic amines) is 1. The van der Waals surface area contributed by atoms with Crippen molar-refractivity contribution >= 4 is 32.3 Å².